The molecule has 1 saturated heterocycles. The highest BCUT2D eigenvalue weighted by atomic mass is 16.2. The summed E-state index contributed by atoms with van der Waals surface area (Å²) in [5, 5.41) is 2.89. The number of anilines is 3. The van der Waals surface area contributed by atoms with Crippen LogP contribution in [0.25, 0.3) is 0 Å². The normalized spacial score (nSPS) is 16.4. The molecule has 2 amide bonds. The quantitative estimate of drug-likeness (QED) is 0.732. The summed E-state index contributed by atoms with van der Waals surface area (Å²) in [4.78, 5) is 32.9. The third-order valence-corrected chi connectivity index (χ3v) is 5.58. The molecule has 1 aromatic heterocycles. The number of amides is 2. The third kappa shape index (κ3) is 5.09. The molecule has 2 heterocycles. The van der Waals surface area contributed by atoms with Crippen LogP contribution in [0.5, 0.6) is 0 Å². The summed E-state index contributed by atoms with van der Waals surface area (Å²) in [7, 11) is 0. The van der Waals surface area contributed by atoms with Crippen LogP contribution in [0.4, 0.5) is 17.2 Å². The fourth-order valence-corrected chi connectivity index (χ4v) is 3.92. The molecule has 3 N–H and O–H groups in total. The number of piperidine rings is 1. The lowest BCUT2D eigenvalue weighted by Gasteiger charge is -2.32. The van der Waals surface area contributed by atoms with E-state index in [0.717, 1.165) is 37.4 Å². The number of carbonyl (C=O) groups is 2. The second-order valence-corrected chi connectivity index (χ2v) is 7.97. The second-order valence-electron chi connectivity index (χ2n) is 7.97. The van der Waals surface area contributed by atoms with E-state index in [0.29, 0.717) is 23.8 Å². The topological polar surface area (TPSA) is 91.6 Å². The SMILES string of the molecule is CCN(c1ccc(C(=O)Nc2ccc(N3CCCC(C(N)=O)C3)nc2)cc1)C(C)C. The van der Waals surface area contributed by atoms with Crippen LogP contribution in [0.2, 0.25) is 0 Å². The summed E-state index contributed by atoms with van der Waals surface area (Å²) < 4.78 is 0. The smallest absolute Gasteiger partial charge is 0.255 e. The number of carbonyl (C=O) groups excluding carboxylic acids is 2. The number of nitrogens with two attached hydrogens (primary N) is 1. The number of aromatic nitrogens is 1. The third-order valence-electron chi connectivity index (χ3n) is 5.58. The Kier molecular flexibility index (Phi) is 6.92. The highest BCUT2D eigenvalue weighted by Crippen LogP contribution is 2.23. The van der Waals surface area contributed by atoms with E-state index in [2.05, 4.69) is 40.9 Å². The lowest BCUT2D eigenvalue weighted by molar-refractivity contribution is -0.122. The van der Waals surface area contributed by atoms with E-state index < -0.39 is 0 Å². The molecule has 0 saturated carbocycles. The molecule has 30 heavy (non-hydrogen) atoms. The zero-order valence-corrected chi connectivity index (χ0v) is 18.0. The van der Waals surface area contributed by atoms with Crippen LogP contribution in [-0.4, -0.2) is 42.5 Å². The summed E-state index contributed by atoms with van der Waals surface area (Å²) >= 11 is 0. The van der Waals surface area contributed by atoms with Crippen LogP contribution in [0.15, 0.2) is 42.6 Å². The summed E-state index contributed by atoms with van der Waals surface area (Å²) in [6, 6.07) is 11.7. The average molecular weight is 410 g/mol. The lowest BCUT2D eigenvalue weighted by atomic mass is 9.97. The van der Waals surface area contributed by atoms with Crippen LogP contribution < -0.4 is 20.9 Å². The number of hydrogen-bond acceptors (Lipinski definition) is 5. The van der Waals surface area contributed by atoms with Gasteiger partial charge in [0, 0.05) is 36.9 Å². The van der Waals surface area contributed by atoms with Crippen LogP contribution in [0.3, 0.4) is 0 Å². The first kappa shape index (κ1) is 21.6. The van der Waals surface area contributed by atoms with Crippen LogP contribution in [0.1, 0.15) is 44.0 Å². The predicted octanol–water partition coefficient (Wildman–Crippen LogP) is 3.27. The van der Waals surface area contributed by atoms with Crippen molar-refractivity contribution in [3.05, 3.63) is 48.2 Å². The molecule has 0 bridgehead atoms. The number of rotatable bonds is 7. The van der Waals surface area contributed by atoms with E-state index >= 15 is 0 Å². The van der Waals surface area contributed by atoms with Gasteiger partial charge in [-0.05, 0) is 70.0 Å². The molecule has 1 aromatic carbocycles. The molecule has 1 atom stereocenters. The molecule has 1 aliphatic rings. The summed E-state index contributed by atoms with van der Waals surface area (Å²) in [6.45, 7) is 8.77. The standard InChI is InChI=1S/C23H31N5O2/c1-4-28(16(2)3)20-10-7-17(8-11-20)23(30)26-19-9-12-21(25-14-19)27-13-5-6-18(15-27)22(24)29/h7-12,14,16,18H,4-6,13,15H2,1-3H3,(H2,24,29)(H,26,30). The first-order valence-electron chi connectivity index (χ1n) is 10.6. The average Bonchev–Trinajstić information content (AvgIpc) is 2.75. The van der Waals surface area contributed by atoms with E-state index in [1.54, 1.807) is 6.20 Å². The molecular weight excluding hydrogens is 378 g/mol. The molecule has 2 aromatic rings. The van der Waals surface area contributed by atoms with Crippen molar-refractivity contribution in [2.24, 2.45) is 11.7 Å². The Bertz CT molecular complexity index is 864. The zero-order chi connectivity index (χ0) is 21.7. The molecular formula is C23H31N5O2. The van der Waals surface area contributed by atoms with Gasteiger partial charge >= 0.3 is 0 Å². The molecule has 1 aliphatic heterocycles. The Labute approximate surface area is 178 Å². The Morgan fingerprint density at radius 3 is 2.53 bits per heavy atom. The number of hydrogen-bond donors (Lipinski definition) is 2. The van der Waals surface area contributed by atoms with Crippen molar-refractivity contribution in [1.82, 2.24) is 4.98 Å². The van der Waals surface area contributed by atoms with Crippen molar-refractivity contribution in [2.45, 2.75) is 39.7 Å². The van der Waals surface area contributed by atoms with Gasteiger partial charge in [0.15, 0.2) is 0 Å². The molecule has 0 radical (unpaired) electrons. The summed E-state index contributed by atoms with van der Waals surface area (Å²) in [5.41, 5.74) is 7.79. The maximum atomic E-state index is 12.6. The Hall–Kier alpha value is -3.09. The van der Waals surface area contributed by atoms with Gasteiger partial charge in [0.2, 0.25) is 5.91 Å². The minimum absolute atomic E-state index is 0.137. The summed E-state index contributed by atoms with van der Waals surface area (Å²) in [5.74, 6) is 0.222. The van der Waals surface area contributed by atoms with E-state index in [-0.39, 0.29) is 17.7 Å². The minimum Gasteiger partial charge on any atom is -0.369 e. The minimum atomic E-state index is -0.259. The zero-order valence-electron chi connectivity index (χ0n) is 18.0. The number of primary amides is 1. The van der Waals surface area contributed by atoms with Crippen LogP contribution in [0, 0.1) is 5.92 Å². The first-order chi connectivity index (χ1) is 14.4. The van der Waals surface area contributed by atoms with Crippen molar-refractivity contribution in [3.8, 4) is 0 Å². The molecule has 1 unspecified atom stereocenters. The Morgan fingerprint density at radius 1 is 1.23 bits per heavy atom. The van der Waals surface area contributed by atoms with Gasteiger partial charge in [0.05, 0.1) is 17.8 Å². The number of benzene rings is 1. The van der Waals surface area contributed by atoms with Crippen molar-refractivity contribution in [3.63, 3.8) is 0 Å². The first-order valence-corrected chi connectivity index (χ1v) is 10.6. The van der Waals surface area contributed by atoms with Gasteiger partial charge in [-0.25, -0.2) is 4.98 Å². The van der Waals surface area contributed by atoms with Gasteiger partial charge in [-0.15, -0.1) is 0 Å². The van der Waals surface area contributed by atoms with Gasteiger partial charge in [-0.3, -0.25) is 9.59 Å². The van der Waals surface area contributed by atoms with E-state index in [1.807, 2.05) is 36.4 Å². The monoisotopic (exact) mass is 409 g/mol. The van der Waals surface area contributed by atoms with Crippen molar-refractivity contribution in [1.29, 1.82) is 0 Å². The molecule has 1 fully saturated rings. The maximum Gasteiger partial charge on any atom is 0.255 e. The molecule has 3 rings (SSSR count). The molecule has 160 valence electrons. The fourth-order valence-electron chi connectivity index (χ4n) is 3.92. The molecule has 7 heteroatoms. The van der Waals surface area contributed by atoms with Crippen molar-refractivity contribution in [2.75, 3.05) is 34.8 Å². The second kappa shape index (κ2) is 9.61. The molecule has 0 aliphatic carbocycles. The summed E-state index contributed by atoms with van der Waals surface area (Å²) in [6.07, 6.45) is 3.38. The Balaban J connectivity index is 1.62. The van der Waals surface area contributed by atoms with Gasteiger partial charge < -0.3 is 20.9 Å². The highest BCUT2D eigenvalue weighted by Gasteiger charge is 2.24. The predicted molar refractivity (Wildman–Crippen MR) is 121 cm³/mol. The number of nitrogens with zero attached hydrogens (tertiary/aromatic N) is 3. The Morgan fingerprint density at radius 2 is 1.97 bits per heavy atom. The van der Waals surface area contributed by atoms with Gasteiger partial charge in [-0.2, -0.15) is 0 Å². The van der Waals surface area contributed by atoms with Crippen LogP contribution in [-0.2, 0) is 4.79 Å². The van der Waals surface area contributed by atoms with Gasteiger partial charge in [0.25, 0.3) is 5.91 Å². The largest absolute Gasteiger partial charge is 0.369 e. The highest BCUT2D eigenvalue weighted by molar-refractivity contribution is 6.04. The van der Waals surface area contributed by atoms with E-state index in [9.17, 15) is 9.59 Å². The molecule has 7 nitrogen and oxygen atoms in total. The number of nitrogens with one attached hydrogen (secondary N) is 1. The van der Waals surface area contributed by atoms with Gasteiger partial charge in [-0.1, -0.05) is 0 Å². The maximum absolute atomic E-state index is 12.6. The van der Waals surface area contributed by atoms with Crippen molar-refractivity contribution >= 4 is 29.0 Å². The van der Waals surface area contributed by atoms with E-state index in [1.165, 1.54) is 0 Å². The lowest BCUT2D eigenvalue weighted by Crippen LogP contribution is -2.41. The van der Waals surface area contributed by atoms with E-state index in [4.69, 9.17) is 5.73 Å². The van der Waals surface area contributed by atoms with Gasteiger partial charge in [0.1, 0.15) is 5.82 Å². The van der Waals surface area contributed by atoms with Crippen LogP contribution >= 0.6 is 0 Å². The molecule has 0 spiro atoms. The fraction of sp³-hybridized carbons (Fsp3) is 0.435. The van der Waals surface area contributed by atoms with Crippen molar-refractivity contribution < 1.29 is 9.59 Å². The number of pyridine rings is 1.